The smallest absolute Gasteiger partial charge is 0.330 e. The summed E-state index contributed by atoms with van der Waals surface area (Å²) in [7, 11) is 0. The van der Waals surface area contributed by atoms with Crippen molar-refractivity contribution in [3.63, 3.8) is 0 Å². The van der Waals surface area contributed by atoms with Gasteiger partial charge in [0.05, 0.1) is 0 Å². The van der Waals surface area contributed by atoms with E-state index in [1.54, 1.807) is 0 Å². The van der Waals surface area contributed by atoms with Crippen molar-refractivity contribution in [2.24, 2.45) is 17.8 Å². The molecule has 0 aliphatic carbocycles. The van der Waals surface area contributed by atoms with Crippen LogP contribution < -0.4 is 9.47 Å². The molecule has 240 valence electrons. The first-order valence-corrected chi connectivity index (χ1v) is 16.7. The first-order chi connectivity index (χ1) is 19.7. The molecule has 1 aliphatic heterocycles. The highest BCUT2D eigenvalue weighted by Gasteiger charge is 2.34. The Morgan fingerprint density at radius 1 is 0.905 bits per heavy atom. The number of fused-ring (bicyclic) bond motifs is 1. The minimum atomic E-state index is -0.894. The third-order valence-corrected chi connectivity index (χ3v) is 9.08. The topological polar surface area (TPSA) is 65.0 Å². The molecule has 0 bridgehead atoms. The lowest BCUT2D eigenvalue weighted by Gasteiger charge is -2.38. The molecule has 1 heterocycles. The third-order valence-electron chi connectivity index (χ3n) is 9.08. The van der Waals surface area contributed by atoms with Crippen molar-refractivity contribution in [3.05, 3.63) is 33.9 Å². The number of allylic oxidation sites excluding steroid dienone is 1. The number of benzene rings is 1. The van der Waals surface area contributed by atoms with Gasteiger partial charge in [0.1, 0.15) is 36.4 Å². The average molecular weight is 587 g/mol. The second-order valence-electron chi connectivity index (χ2n) is 14.2. The van der Waals surface area contributed by atoms with Crippen LogP contribution in [0, 0.1) is 38.5 Å². The molecular weight excluding hydrogens is 524 g/mol. The van der Waals surface area contributed by atoms with E-state index in [1.165, 1.54) is 63.0 Å². The van der Waals surface area contributed by atoms with Gasteiger partial charge in [-0.1, -0.05) is 78.2 Å². The van der Waals surface area contributed by atoms with Crippen molar-refractivity contribution in [2.45, 2.75) is 152 Å². The molecule has 4 atom stereocenters. The van der Waals surface area contributed by atoms with Gasteiger partial charge in [-0.25, -0.2) is 4.79 Å². The summed E-state index contributed by atoms with van der Waals surface area (Å²) in [5, 5.41) is 10.3. The zero-order chi connectivity index (χ0) is 31.4. The van der Waals surface area contributed by atoms with Crippen LogP contribution in [0.4, 0.5) is 0 Å². The highest BCUT2D eigenvalue weighted by Crippen LogP contribution is 2.45. The van der Waals surface area contributed by atoms with Crippen LogP contribution >= 0.6 is 0 Å². The number of aliphatic hydroxyl groups excluding tert-OH is 1. The molecule has 1 unspecified atom stereocenters. The average Bonchev–Trinajstić information content (AvgIpc) is 2.90. The van der Waals surface area contributed by atoms with Crippen molar-refractivity contribution < 1.29 is 24.1 Å². The van der Waals surface area contributed by atoms with E-state index in [9.17, 15) is 9.90 Å². The number of ether oxygens (including phenoxy) is 3. The van der Waals surface area contributed by atoms with Crippen molar-refractivity contribution in [1.29, 1.82) is 0 Å². The molecule has 0 saturated heterocycles. The standard InChI is InChI=1S/C37H62O5/c1-25(2)14-11-15-27(5)16-12-17-28(6)18-13-20-37(10)21-19-33-31(9)35(29(7)30(8)36(33)42-37)41-24-32(38)23-40-34(39)22-26(3)4/h22,25,27-28,32,38H,11-21,23-24H2,1-10H3/t27-,28-,32?,37-/m1/s1. The predicted octanol–water partition coefficient (Wildman–Crippen LogP) is 9.38. The molecule has 0 saturated carbocycles. The minimum absolute atomic E-state index is 0.0653. The van der Waals surface area contributed by atoms with E-state index in [0.717, 1.165) is 70.8 Å². The fourth-order valence-corrected chi connectivity index (χ4v) is 6.16. The number of rotatable bonds is 18. The number of hydrogen-bond acceptors (Lipinski definition) is 5. The summed E-state index contributed by atoms with van der Waals surface area (Å²) >= 11 is 0. The molecule has 1 aromatic rings. The quantitative estimate of drug-likeness (QED) is 0.137. The van der Waals surface area contributed by atoms with Crippen LogP contribution in [0.3, 0.4) is 0 Å². The van der Waals surface area contributed by atoms with Gasteiger partial charge in [0.15, 0.2) is 0 Å². The van der Waals surface area contributed by atoms with E-state index in [-0.39, 0.29) is 18.8 Å². The lowest BCUT2D eigenvalue weighted by Crippen LogP contribution is -2.37. The number of esters is 1. The first kappa shape index (κ1) is 36.2. The van der Waals surface area contributed by atoms with Gasteiger partial charge in [0.25, 0.3) is 0 Å². The largest absolute Gasteiger partial charge is 0.490 e. The fourth-order valence-electron chi connectivity index (χ4n) is 6.16. The van der Waals surface area contributed by atoms with Crippen LogP contribution in [0.2, 0.25) is 0 Å². The Bertz CT molecular complexity index is 1020. The van der Waals surface area contributed by atoms with Gasteiger partial charge in [-0.3, -0.25) is 0 Å². The number of carbonyl (C=O) groups excluding carboxylic acids is 1. The maximum Gasteiger partial charge on any atom is 0.330 e. The molecule has 0 aromatic heterocycles. The van der Waals surface area contributed by atoms with E-state index in [4.69, 9.17) is 14.2 Å². The highest BCUT2D eigenvalue weighted by molar-refractivity contribution is 5.82. The summed E-state index contributed by atoms with van der Waals surface area (Å²) < 4.78 is 18.0. The van der Waals surface area contributed by atoms with E-state index < -0.39 is 12.1 Å². The van der Waals surface area contributed by atoms with E-state index in [0.29, 0.717) is 0 Å². The molecule has 42 heavy (non-hydrogen) atoms. The van der Waals surface area contributed by atoms with Gasteiger partial charge in [0, 0.05) is 11.6 Å². The molecule has 0 spiro atoms. The normalized spacial score (nSPS) is 18.6. The molecule has 0 amide bonds. The fraction of sp³-hybridized carbons (Fsp3) is 0.757. The number of hydrogen-bond donors (Lipinski definition) is 1. The summed E-state index contributed by atoms with van der Waals surface area (Å²) in [5.74, 6) is 3.82. The summed E-state index contributed by atoms with van der Waals surface area (Å²) in [6.07, 6.45) is 14.2. The van der Waals surface area contributed by atoms with Gasteiger partial charge in [-0.05, 0) is 102 Å². The summed E-state index contributed by atoms with van der Waals surface area (Å²) in [4.78, 5) is 11.7. The third kappa shape index (κ3) is 11.9. The molecule has 1 aliphatic rings. The molecule has 2 rings (SSSR count). The van der Waals surface area contributed by atoms with E-state index in [2.05, 4.69) is 55.4 Å². The molecule has 5 nitrogen and oxygen atoms in total. The van der Waals surface area contributed by atoms with Crippen molar-refractivity contribution in [2.75, 3.05) is 13.2 Å². The Morgan fingerprint density at radius 2 is 1.50 bits per heavy atom. The lowest BCUT2D eigenvalue weighted by atomic mass is 9.83. The Morgan fingerprint density at radius 3 is 2.10 bits per heavy atom. The summed E-state index contributed by atoms with van der Waals surface area (Å²) in [5.41, 5.74) is 5.15. The van der Waals surface area contributed by atoms with Crippen LogP contribution in [-0.2, 0) is 16.0 Å². The van der Waals surface area contributed by atoms with Crippen LogP contribution in [-0.4, -0.2) is 36.0 Å². The van der Waals surface area contributed by atoms with Crippen molar-refractivity contribution in [1.82, 2.24) is 0 Å². The maximum atomic E-state index is 11.7. The van der Waals surface area contributed by atoms with Crippen LogP contribution in [0.1, 0.15) is 135 Å². The monoisotopic (exact) mass is 586 g/mol. The SMILES string of the molecule is CC(C)=CC(=O)OCC(O)COc1c(C)c(C)c2c(c1C)CC[C@@](C)(CCC[C@H](C)CCC[C@H](C)CCCC(C)C)O2. The highest BCUT2D eigenvalue weighted by atomic mass is 16.5. The van der Waals surface area contributed by atoms with Gasteiger partial charge in [0.2, 0.25) is 0 Å². The van der Waals surface area contributed by atoms with Crippen molar-refractivity contribution in [3.8, 4) is 11.5 Å². The lowest BCUT2D eigenvalue weighted by molar-refractivity contribution is -0.141. The van der Waals surface area contributed by atoms with E-state index in [1.807, 2.05) is 13.8 Å². The maximum absolute atomic E-state index is 11.7. The summed E-state index contributed by atoms with van der Waals surface area (Å²) in [6, 6.07) is 0. The minimum Gasteiger partial charge on any atom is -0.490 e. The number of aliphatic hydroxyl groups is 1. The molecule has 1 N–H and O–H groups in total. The van der Waals surface area contributed by atoms with Crippen LogP contribution in [0.5, 0.6) is 11.5 Å². The summed E-state index contributed by atoms with van der Waals surface area (Å²) in [6.45, 7) is 21.7. The second kappa shape index (κ2) is 17.3. The van der Waals surface area contributed by atoms with Crippen LogP contribution in [0.25, 0.3) is 0 Å². The van der Waals surface area contributed by atoms with Crippen molar-refractivity contribution >= 4 is 5.97 Å². The Labute approximate surface area is 257 Å². The predicted molar refractivity (Wildman–Crippen MR) is 175 cm³/mol. The van der Waals surface area contributed by atoms with Gasteiger partial charge >= 0.3 is 5.97 Å². The first-order valence-electron chi connectivity index (χ1n) is 16.7. The molecule has 0 fully saturated rings. The van der Waals surface area contributed by atoms with E-state index >= 15 is 0 Å². The van der Waals surface area contributed by atoms with Gasteiger partial charge < -0.3 is 19.3 Å². The molecular formula is C37H62O5. The second-order valence-corrected chi connectivity index (χ2v) is 14.2. The zero-order valence-electron chi connectivity index (χ0n) is 28.7. The Balaban J connectivity index is 1.85. The zero-order valence-corrected chi connectivity index (χ0v) is 28.7. The Hall–Kier alpha value is -2.01. The molecule has 1 aromatic carbocycles. The number of carbonyl (C=O) groups is 1. The molecule has 5 heteroatoms. The molecule has 0 radical (unpaired) electrons. The van der Waals surface area contributed by atoms with Crippen LogP contribution in [0.15, 0.2) is 11.6 Å². The van der Waals surface area contributed by atoms with Gasteiger partial charge in [-0.15, -0.1) is 0 Å². The Kier molecular flexibility index (Phi) is 14.9. The van der Waals surface area contributed by atoms with Gasteiger partial charge in [-0.2, -0.15) is 0 Å².